The highest BCUT2D eigenvalue weighted by Crippen LogP contribution is 2.30. The third-order valence-electron chi connectivity index (χ3n) is 3.63. The highest BCUT2D eigenvalue weighted by atomic mass is 16.5. The third kappa shape index (κ3) is 3.30. The molecule has 4 atom stereocenters. The molecular weight excluding hydrogens is 212 g/mol. The van der Waals surface area contributed by atoms with Crippen LogP contribution in [-0.4, -0.2) is 17.3 Å². The van der Waals surface area contributed by atoms with E-state index in [4.69, 9.17) is 4.74 Å². The van der Waals surface area contributed by atoms with E-state index in [0.29, 0.717) is 12.2 Å². The van der Waals surface area contributed by atoms with Crippen LogP contribution in [0.1, 0.15) is 44.8 Å². The number of aliphatic hydroxyl groups excluding tert-OH is 1. The molecule has 0 bridgehead atoms. The van der Waals surface area contributed by atoms with Crippen LogP contribution in [0.15, 0.2) is 30.3 Å². The number of benzene rings is 1. The molecule has 0 radical (unpaired) electrons. The largest absolute Gasteiger partial charge is 0.388 e. The van der Waals surface area contributed by atoms with Gasteiger partial charge in [-0.15, -0.1) is 0 Å². The quantitative estimate of drug-likeness (QED) is 0.866. The number of ether oxygens (including phenoxy) is 1. The van der Waals surface area contributed by atoms with Gasteiger partial charge in [0, 0.05) is 0 Å². The summed E-state index contributed by atoms with van der Waals surface area (Å²) in [5.74, 6) is 0.243. The predicted molar refractivity (Wildman–Crippen MR) is 68.8 cm³/mol. The Kier molecular flexibility index (Phi) is 4.19. The molecule has 0 saturated carbocycles. The van der Waals surface area contributed by atoms with Gasteiger partial charge in [0.2, 0.25) is 0 Å². The Morgan fingerprint density at radius 2 is 2.00 bits per heavy atom. The lowest BCUT2D eigenvalue weighted by Gasteiger charge is -2.22. The fourth-order valence-electron chi connectivity index (χ4n) is 2.58. The molecule has 17 heavy (non-hydrogen) atoms. The number of rotatable bonds is 4. The summed E-state index contributed by atoms with van der Waals surface area (Å²) in [6.07, 6.45) is 3.57. The molecule has 94 valence electrons. The zero-order valence-corrected chi connectivity index (χ0v) is 10.7. The summed E-state index contributed by atoms with van der Waals surface area (Å²) in [5.41, 5.74) is 1.01. The first-order valence-electron chi connectivity index (χ1n) is 6.55. The SMILES string of the molecule is CC1CCC(CC(C)C(O)c2ccccc2)O1. The minimum atomic E-state index is -0.379. The topological polar surface area (TPSA) is 29.5 Å². The van der Waals surface area contributed by atoms with Crippen molar-refractivity contribution in [2.24, 2.45) is 5.92 Å². The van der Waals surface area contributed by atoms with Gasteiger partial charge in [-0.25, -0.2) is 0 Å². The molecule has 1 aliphatic rings. The molecule has 4 unspecified atom stereocenters. The van der Waals surface area contributed by atoms with Crippen molar-refractivity contribution in [3.05, 3.63) is 35.9 Å². The first kappa shape index (κ1) is 12.6. The van der Waals surface area contributed by atoms with Crippen molar-refractivity contribution in [1.82, 2.24) is 0 Å². The van der Waals surface area contributed by atoms with Gasteiger partial charge >= 0.3 is 0 Å². The Balaban J connectivity index is 1.89. The van der Waals surface area contributed by atoms with Crippen molar-refractivity contribution in [3.8, 4) is 0 Å². The maximum Gasteiger partial charge on any atom is 0.0816 e. The van der Waals surface area contributed by atoms with Crippen molar-refractivity contribution in [2.75, 3.05) is 0 Å². The predicted octanol–water partition coefficient (Wildman–Crippen LogP) is 3.31. The van der Waals surface area contributed by atoms with Crippen molar-refractivity contribution in [3.63, 3.8) is 0 Å². The van der Waals surface area contributed by atoms with Gasteiger partial charge in [0.05, 0.1) is 18.3 Å². The van der Waals surface area contributed by atoms with E-state index < -0.39 is 0 Å². The summed E-state index contributed by atoms with van der Waals surface area (Å²) in [6, 6.07) is 9.89. The van der Waals surface area contributed by atoms with E-state index in [1.165, 1.54) is 0 Å². The summed E-state index contributed by atoms with van der Waals surface area (Å²) in [4.78, 5) is 0. The van der Waals surface area contributed by atoms with E-state index in [2.05, 4.69) is 13.8 Å². The molecule has 2 rings (SSSR count). The Morgan fingerprint density at radius 1 is 1.29 bits per heavy atom. The van der Waals surface area contributed by atoms with Crippen LogP contribution in [0.3, 0.4) is 0 Å². The van der Waals surface area contributed by atoms with Crippen molar-refractivity contribution < 1.29 is 9.84 Å². The summed E-state index contributed by atoms with van der Waals surface area (Å²) in [5, 5.41) is 10.3. The average Bonchev–Trinajstić information content (AvgIpc) is 2.75. The molecule has 1 fully saturated rings. The molecule has 1 saturated heterocycles. The Hall–Kier alpha value is -0.860. The van der Waals surface area contributed by atoms with Gasteiger partial charge in [0.1, 0.15) is 0 Å². The van der Waals surface area contributed by atoms with E-state index in [0.717, 1.165) is 24.8 Å². The molecular formula is C15H22O2. The average molecular weight is 234 g/mol. The summed E-state index contributed by atoms with van der Waals surface area (Å²) in [7, 11) is 0. The molecule has 0 aliphatic carbocycles. The standard InChI is InChI=1S/C15H22O2/c1-11(10-14-9-8-12(2)17-14)15(16)13-6-4-3-5-7-13/h3-7,11-12,14-16H,8-10H2,1-2H3. The minimum Gasteiger partial charge on any atom is -0.388 e. The van der Waals surface area contributed by atoms with E-state index in [1.54, 1.807) is 0 Å². The first-order valence-corrected chi connectivity index (χ1v) is 6.55. The Bertz CT molecular complexity index is 336. The van der Waals surface area contributed by atoms with Crippen molar-refractivity contribution in [2.45, 2.75) is 51.4 Å². The van der Waals surface area contributed by atoms with Crippen molar-refractivity contribution >= 4 is 0 Å². The highest BCUT2D eigenvalue weighted by Gasteiger charge is 2.26. The van der Waals surface area contributed by atoms with Crippen LogP contribution >= 0.6 is 0 Å². The fourth-order valence-corrected chi connectivity index (χ4v) is 2.58. The number of aliphatic hydroxyl groups is 1. The smallest absolute Gasteiger partial charge is 0.0816 e. The zero-order valence-electron chi connectivity index (χ0n) is 10.7. The molecule has 1 aliphatic heterocycles. The minimum absolute atomic E-state index is 0.243. The molecule has 1 heterocycles. The van der Waals surface area contributed by atoms with E-state index in [9.17, 15) is 5.11 Å². The van der Waals surface area contributed by atoms with Gasteiger partial charge < -0.3 is 9.84 Å². The summed E-state index contributed by atoms with van der Waals surface area (Å²) >= 11 is 0. The maximum absolute atomic E-state index is 10.3. The van der Waals surface area contributed by atoms with Gasteiger partial charge in [-0.2, -0.15) is 0 Å². The normalized spacial score (nSPS) is 27.9. The van der Waals surface area contributed by atoms with Gasteiger partial charge in [-0.1, -0.05) is 37.3 Å². The van der Waals surface area contributed by atoms with Crippen LogP contribution < -0.4 is 0 Å². The van der Waals surface area contributed by atoms with Crippen LogP contribution in [0.25, 0.3) is 0 Å². The summed E-state index contributed by atoms with van der Waals surface area (Å²) in [6.45, 7) is 4.22. The lowest BCUT2D eigenvalue weighted by molar-refractivity contribution is 0.0198. The molecule has 2 heteroatoms. The summed E-state index contributed by atoms with van der Waals surface area (Å²) < 4.78 is 5.81. The first-order chi connectivity index (χ1) is 8.16. The molecule has 0 spiro atoms. The van der Waals surface area contributed by atoms with Gasteiger partial charge in [0.15, 0.2) is 0 Å². The van der Waals surface area contributed by atoms with E-state index >= 15 is 0 Å². The molecule has 0 amide bonds. The second-order valence-electron chi connectivity index (χ2n) is 5.21. The van der Waals surface area contributed by atoms with Crippen LogP contribution in [-0.2, 0) is 4.74 Å². The van der Waals surface area contributed by atoms with Crippen molar-refractivity contribution in [1.29, 1.82) is 0 Å². The van der Waals surface area contributed by atoms with E-state index in [-0.39, 0.29) is 12.0 Å². The second kappa shape index (κ2) is 5.65. The van der Waals surface area contributed by atoms with Gasteiger partial charge in [0.25, 0.3) is 0 Å². The molecule has 1 N–H and O–H groups in total. The monoisotopic (exact) mass is 234 g/mol. The van der Waals surface area contributed by atoms with Crippen LogP contribution in [0.5, 0.6) is 0 Å². The lowest BCUT2D eigenvalue weighted by Crippen LogP contribution is -2.17. The molecule has 0 aromatic heterocycles. The van der Waals surface area contributed by atoms with Gasteiger partial charge in [-0.3, -0.25) is 0 Å². The maximum atomic E-state index is 10.3. The highest BCUT2D eigenvalue weighted by molar-refractivity contribution is 5.17. The molecule has 1 aromatic rings. The third-order valence-corrected chi connectivity index (χ3v) is 3.63. The number of hydrogen-bond acceptors (Lipinski definition) is 2. The van der Waals surface area contributed by atoms with Crippen LogP contribution in [0.2, 0.25) is 0 Å². The van der Waals surface area contributed by atoms with Crippen LogP contribution in [0, 0.1) is 5.92 Å². The molecule has 2 nitrogen and oxygen atoms in total. The Labute approximate surface area is 104 Å². The van der Waals surface area contributed by atoms with Gasteiger partial charge in [-0.05, 0) is 37.7 Å². The van der Waals surface area contributed by atoms with Crippen LogP contribution in [0.4, 0.5) is 0 Å². The lowest BCUT2D eigenvalue weighted by atomic mass is 9.91. The van der Waals surface area contributed by atoms with E-state index in [1.807, 2.05) is 30.3 Å². The fraction of sp³-hybridized carbons (Fsp3) is 0.600. The second-order valence-corrected chi connectivity index (χ2v) is 5.21. The Morgan fingerprint density at radius 3 is 2.59 bits per heavy atom. The zero-order chi connectivity index (χ0) is 12.3. The molecule has 1 aromatic carbocycles. The number of hydrogen-bond donors (Lipinski definition) is 1.